The molecule has 0 unspecified atom stereocenters. The van der Waals surface area contributed by atoms with Crippen LogP contribution < -0.4 is 15.4 Å². The molecule has 1 atom stereocenters. The van der Waals surface area contributed by atoms with Gasteiger partial charge in [0.05, 0.1) is 12.3 Å². The third-order valence-electron chi connectivity index (χ3n) is 3.07. The van der Waals surface area contributed by atoms with Crippen molar-refractivity contribution in [1.82, 2.24) is 0 Å². The molecule has 0 heterocycles. The van der Waals surface area contributed by atoms with Crippen LogP contribution in [0.5, 0.6) is 5.75 Å². The van der Waals surface area contributed by atoms with Gasteiger partial charge in [0.15, 0.2) is 0 Å². The Hall–Kier alpha value is -2.56. The Balaban J connectivity index is 1.95. The average Bonchev–Trinajstić information content (AvgIpc) is 2.51. The van der Waals surface area contributed by atoms with E-state index >= 15 is 0 Å². The highest BCUT2D eigenvalue weighted by atomic mass is 19.1. The molecule has 0 aliphatic heterocycles. The SMILES string of the molecule is CCOc1ccc(N[C@@H](C)C(=O)Nc2ccccc2F)cc1. The molecule has 0 radical (unpaired) electrons. The van der Waals surface area contributed by atoms with E-state index in [4.69, 9.17) is 4.74 Å². The lowest BCUT2D eigenvalue weighted by atomic mass is 10.2. The molecular formula is C17H19FN2O2. The lowest BCUT2D eigenvalue weighted by molar-refractivity contribution is -0.116. The van der Waals surface area contributed by atoms with Crippen molar-refractivity contribution in [2.75, 3.05) is 17.2 Å². The summed E-state index contributed by atoms with van der Waals surface area (Å²) in [6, 6.07) is 12.9. The first kappa shape index (κ1) is 15.8. The fourth-order valence-corrected chi connectivity index (χ4v) is 1.93. The maximum atomic E-state index is 13.5. The highest BCUT2D eigenvalue weighted by Crippen LogP contribution is 2.17. The van der Waals surface area contributed by atoms with Gasteiger partial charge in [0, 0.05) is 5.69 Å². The van der Waals surface area contributed by atoms with Gasteiger partial charge in [-0.2, -0.15) is 0 Å². The largest absolute Gasteiger partial charge is 0.494 e. The molecule has 5 heteroatoms. The second kappa shape index (κ2) is 7.45. The van der Waals surface area contributed by atoms with Crippen LogP contribution in [0.1, 0.15) is 13.8 Å². The number of para-hydroxylation sites is 1. The number of halogens is 1. The number of amides is 1. The minimum atomic E-state index is -0.502. The van der Waals surface area contributed by atoms with Crippen molar-refractivity contribution in [3.8, 4) is 5.75 Å². The number of carbonyl (C=O) groups excluding carboxylic acids is 1. The molecule has 1 amide bonds. The zero-order chi connectivity index (χ0) is 15.9. The first-order valence-electron chi connectivity index (χ1n) is 7.15. The molecule has 2 rings (SSSR count). The van der Waals surface area contributed by atoms with Crippen LogP contribution in [0.4, 0.5) is 15.8 Å². The minimum absolute atomic E-state index is 0.174. The lowest BCUT2D eigenvalue weighted by Gasteiger charge is -2.16. The van der Waals surface area contributed by atoms with Gasteiger partial charge in [-0.15, -0.1) is 0 Å². The number of ether oxygens (including phenoxy) is 1. The molecule has 0 saturated heterocycles. The van der Waals surface area contributed by atoms with Gasteiger partial charge in [0.2, 0.25) is 5.91 Å². The van der Waals surface area contributed by atoms with Crippen molar-refractivity contribution < 1.29 is 13.9 Å². The predicted octanol–water partition coefficient (Wildman–Crippen LogP) is 3.66. The van der Waals surface area contributed by atoms with Gasteiger partial charge in [0.25, 0.3) is 0 Å². The summed E-state index contributed by atoms with van der Waals surface area (Å²) in [6.45, 7) is 4.24. The van der Waals surface area contributed by atoms with Gasteiger partial charge in [-0.05, 0) is 50.2 Å². The summed E-state index contributed by atoms with van der Waals surface area (Å²) >= 11 is 0. The maximum absolute atomic E-state index is 13.5. The van der Waals surface area contributed by atoms with Gasteiger partial charge < -0.3 is 15.4 Å². The molecule has 2 aromatic rings. The molecule has 0 spiro atoms. The molecule has 116 valence electrons. The van der Waals surface area contributed by atoms with Crippen LogP contribution in [0.2, 0.25) is 0 Å². The maximum Gasteiger partial charge on any atom is 0.246 e. The Bertz CT molecular complexity index is 629. The Labute approximate surface area is 129 Å². The molecule has 0 saturated carbocycles. The third kappa shape index (κ3) is 4.22. The molecule has 22 heavy (non-hydrogen) atoms. The van der Waals surface area contributed by atoms with Crippen molar-refractivity contribution in [3.05, 3.63) is 54.3 Å². The normalized spacial score (nSPS) is 11.6. The smallest absolute Gasteiger partial charge is 0.246 e. The van der Waals surface area contributed by atoms with Gasteiger partial charge in [0.1, 0.15) is 17.6 Å². The Morgan fingerprint density at radius 1 is 1.18 bits per heavy atom. The summed E-state index contributed by atoms with van der Waals surface area (Å²) in [5.41, 5.74) is 0.965. The monoisotopic (exact) mass is 302 g/mol. The number of benzene rings is 2. The van der Waals surface area contributed by atoms with Crippen LogP contribution in [0, 0.1) is 5.82 Å². The molecule has 4 nitrogen and oxygen atoms in total. The van der Waals surface area contributed by atoms with E-state index in [1.165, 1.54) is 12.1 Å². The zero-order valence-corrected chi connectivity index (χ0v) is 12.6. The molecular weight excluding hydrogens is 283 g/mol. The molecule has 0 aliphatic rings. The number of rotatable bonds is 6. The van der Waals surface area contributed by atoms with E-state index < -0.39 is 11.9 Å². The minimum Gasteiger partial charge on any atom is -0.494 e. The highest BCUT2D eigenvalue weighted by molar-refractivity contribution is 5.96. The van der Waals surface area contributed by atoms with E-state index in [2.05, 4.69) is 10.6 Å². The van der Waals surface area contributed by atoms with E-state index in [-0.39, 0.29) is 11.6 Å². The van der Waals surface area contributed by atoms with Crippen LogP contribution in [-0.4, -0.2) is 18.6 Å². The summed E-state index contributed by atoms with van der Waals surface area (Å²) in [6.07, 6.45) is 0. The van der Waals surface area contributed by atoms with E-state index in [1.54, 1.807) is 19.1 Å². The lowest BCUT2D eigenvalue weighted by Crippen LogP contribution is -2.32. The zero-order valence-electron chi connectivity index (χ0n) is 12.6. The summed E-state index contributed by atoms with van der Waals surface area (Å²) in [4.78, 5) is 12.1. The van der Waals surface area contributed by atoms with E-state index in [0.717, 1.165) is 11.4 Å². The van der Waals surface area contributed by atoms with Crippen LogP contribution in [-0.2, 0) is 4.79 Å². The average molecular weight is 302 g/mol. The second-order valence-corrected chi connectivity index (χ2v) is 4.79. The van der Waals surface area contributed by atoms with Crippen LogP contribution >= 0.6 is 0 Å². The summed E-state index contributed by atoms with van der Waals surface area (Å²) < 4.78 is 18.9. The quantitative estimate of drug-likeness (QED) is 0.856. The Kier molecular flexibility index (Phi) is 5.36. The summed E-state index contributed by atoms with van der Waals surface area (Å²) in [5, 5.41) is 5.62. The van der Waals surface area contributed by atoms with Crippen molar-refractivity contribution >= 4 is 17.3 Å². The molecule has 0 bridgehead atoms. The fourth-order valence-electron chi connectivity index (χ4n) is 1.93. The fraction of sp³-hybridized carbons (Fsp3) is 0.235. The van der Waals surface area contributed by atoms with Crippen molar-refractivity contribution in [1.29, 1.82) is 0 Å². The van der Waals surface area contributed by atoms with Crippen LogP contribution in [0.3, 0.4) is 0 Å². The van der Waals surface area contributed by atoms with E-state index in [1.807, 2.05) is 31.2 Å². The van der Waals surface area contributed by atoms with Gasteiger partial charge in [-0.1, -0.05) is 12.1 Å². The summed E-state index contributed by atoms with van der Waals surface area (Å²) in [7, 11) is 0. The highest BCUT2D eigenvalue weighted by Gasteiger charge is 2.14. The third-order valence-corrected chi connectivity index (χ3v) is 3.07. The molecule has 2 aromatic carbocycles. The Morgan fingerprint density at radius 3 is 2.50 bits per heavy atom. The summed E-state index contributed by atoms with van der Waals surface area (Å²) in [5.74, 6) is 0.0135. The number of anilines is 2. The van der Waals surface area contributed by atoms with Gasteiger partial charge in [-0.25, -0.2) is 4.39 Å². The Morgan fingerprint density at radius 2 is 1.86 bits per heavy atom. The van der Waals surface area contributed by atoms with Gasteiger partial charge >= 0.3 is 0 Å². The van der Waals surface area contributed by atoms with Crippen LogP contribution in [0.15, 0.2) is 48.5 Å². The second-order valence-electron chi connectivity index (χ2n) is 4.79. The molecule has 0 aliphatic carbocycles. The molecule has 2 N–H and O–H groups in total. The van der Waals surface area contributed by atoms with Crippen LogP contribution in [0.25, 0.3) is 0 Å². The number of hydrogen-bond donors (Lipinski definition) is 2. The number of carbonyl (C=O) groups is 1. The standard InChI is InChI=1S/C17H19FN2O2/c1-3-22-14-10-8-13(9-11-14)19-12(2)17(21)20-16-7-5-4-6-15(16)18/h4-12,19H,3H2,1-2H3,(H,20,21)/t12-/m0/s1. The topological polar surface area (TPSA) is 50.4 Å². The van der Waals surface area contributed by atoms with E-state index in [0.29, 0.717) is 6.61 Å². The van der Waals surface area contributed by atoms with Crippen molar-refractivity contribution in [3.63, 3.8) is 0 Å². The number of nitrogens with one attached hydrogen (secondary N) is 2. The predicted molar refractivity (Wildman–Crippen MR) is 85.7 cm³/mol. The molecule has 0 fully saturated rings. The van der Waals surface area contributed by atoms with E-state index in [9.17, 15) is 9.18 Å². The van der Waals surface area contributed by atoms with Crippen molar-refractivity contribution in [2.24, 2.45) is 0 Å². The van der Waals surface area contributed by atoms with Crippen molar-refractivity contribution in [2.45, 2.75) is 19.9 Å². The molecule has 0 aromatic heterocycles. The van der Waals surface area contributed by atoms with Gasteiger partial charge in [-0.3, -0.25) is 4.79 Å². The number of hydrogen-bond acceptors (Lipinski definition) is 3. The first-order valence-corrected chi connectivity index (χ1v) is 7.15. The first-order chi connectivity index (χ1) is 10.6.